The summed E-state index contributed by atoms with van der Waals surface area (Å²) < 4.78 is 22.8. The zero-order valence-electron chi connectivity index (χ0n) is 11.4. The molecule has 1 aromatic heterocycles. The Balaban J connectivity index is 1.93. The number of thiophene rings is 1. The molecule has 4 N–H and O–H groups in total. The summed E-state index contributed by atoms with van der Waals surface area (Å²) in [5.74, 6) is 0. The minimum Gasteiger partial charge on any atom is -0.397 e. The molecule has 112 valence electrons. The third-order valence-electron chi connectivity index (χ3n) is 3.53. The van der Waals surface area contributed by atoms with Gasteiger partial charge in [-0.1, -0.05) is 6.07 Å². The molecule has 1 aliphatic carbocycles. The number of sulfonamides is 1. The van der Waals surface area contributed by atoms with Crippen LogP contribution in [0.5, 0.6) is 0 Å². The predicted molar refractivity (Wildman–Crippen MR) is 85.8 cm³/mol. The molecule has 3 rings (SSSR count). The molecule has 1 saturated carbocycles. The molecular weight excluding hydrogens is 306 g/mol. The summed E-state index contributed by atoms with van der Waals surface area (Å²) in [5.41, 5.74) is 7.38. The van der Waals surface area contributed by atoms with Crippen LogP contribution in [0.1, 0.15) is 17.7 Å². The number of rotatable bonds is 5. The van der Waals surface area contributed by atoms with Gasteiger partial charge in [0.1, 0.15) is 0 Å². The first-order valence-electron chi connectivity index (χ1n) is 6.66. The summed E-state index contributed by atoms with van der Waals surface area (Å²) in [5, 5.41) is 7.19. The van der Waals surface area contributed by atoms with Crippen LogP contribution in [-0.4, -0.2) is 14.5 Å². The number of hydrogen-bond acceptors (Lipinski definition) is 5. The maximum absolute atomic E-state index is 11.4. The minimum atomic E-state index is -3.72. The van der Waals surface area contributed by atoms with E-state index in [2.05, 4.69) is 11.0 Å². The fourth-order valence-electron chi connectivity index (χ4n) is 2.34. The van der Waals surface area contributed by atoms with Gasteiger partial charge < -0.3 is 10.6 Å². The summed E-state index contributed by atoms with van der Waals surface area (Å²) in [6.07, 6.45) is 2.28. The van der Waals surface area contributed by atoms with Crippen molar-refractivity contribution in [2.75, 3.05) is 10.6 Å². The molecule has 1 aromatic carbocycles. The number of nitrogens with zero attached hydrogens (tertiary/aromatic N) is 1. The molecule has 0 saturated heterocycles. The van der Waals surface area contributed by atoms with Crippen molar-refractivity contribution in [1.82, 2.24) is 0 Å². The monoisotopic (exact) mass is 323 g/mol. The second kappa shape index (κ2) is 5.32. The van der Waals surface area contributed by atoms with Crippen molar-refractivity contribution in [2.45, 2.75) is 30.3 Å². The number of benzene rings is 1. The quantitative estimate of drug-likeness (QED) is 0.825. The Labute approximate surface area is 128 Å². The van der Waals surface area contributed by atoms with E-state index >= 15 is 0 Å². The molecule has 7 heteroatoms. The molecule has 0 atom stereocenters. The highest BCUT2D eigenvalue weighted by Gasteiger charge is 2.30. The lowest BCUT2D eigenvalue weighted by atomic mass is 10.2. The van der Waals surface area contributed by atoms with E-state index in [1.165, 1.54) is 17.0 Å². The number of hydrogen-bond donors (Lipinski definition) is 2. The van der Waals surface area contributed by atoms with Gasteiger partial charge in [-0.3, -0.25) is 0 Å². The zero-order chi connectivity index (χ0) is 15.0. The topological polar surface area (TPSA) is 89.4 Å². The Morgan fingerprint density at radius 2 is 2.05 bits per heavy atom. The highest BCUT2D eigenvalue weighted by molar-refractivity contribution is 7.89. The van der Waals surface area contributed by atoms with Gasteiger partial charge in [-0.05, 0) is 42.5 Å². The molecule has 2 aromatic rings. The maximum atomic E-state index is 11.4. The van der Waals surface area contributed by atoms with E-state index < -0.39 is 10.0 Å². The van der Waals surface area contributed by atoms with Crippen LogP contribution < -0.4 is 15.8 Å². The van der Waals surface area contributed by atoms with Gasteiger partial charge in [0, 0.05) is 10.9 Å². The highest BCUT2D eigenvalue weighted by Crippen LogP contribution is 2.37. The number of primary sulfonamides is 1. The number of anilines is 2. The van der Waals surface area contributed by atoms with Crippen LogP contribution in [-0.2, 0) is 16.6 Å². The Morgan fingerprint density at radius 3 is 2.57 bits per heavy atom. The van der Waals surface area contributed by atoms with Crippen molar-refractivity contribution in [3.63, 3.8) is 0 Å². The van der Waals surface area contributed by atoms with Crippen LogP contribution in [0.3, 0.4) is 0 Å². The van der Waals surface area contributed by atoms with Gasteiger partial charge in [0.25, 0.3) is 0 Å². The Bertz CT molecular complexity index is 738. The number of nitrogens with two attached hydrogens (primary N) is 2. The molecule has 0 unspecified atom stereocenters. The van der Waals surface area contributed by atoms with Gasteiger partial charge in [0.05, 0.1) is 22.8 Å². The molecule has 1 heterocycles. The molecule has 5 nitrogen and oxygen atoms in total. The molecule has 0 radical (unpaired) electrons. The molecule has 21 heavy (non-hydrogen) atoms. The summed E-state index contributed by atoms with van der Waals surface area (Å²) in [7, 11) is -3.72. The third-order valence-corrected chi connectivity index (χ3v) is 5.30. The maximum Gasteiger partial charge on any atom is 0.238 e. The predicted octanol–water partition coefficient (Wildman–Crippen LogP) is 2.15. The molecule has 0 aliphatic heterocycles. The average molecular weight is 323 g/mol. The Hall–Kier alpha value is -1.57. The standard InChI is InChI=1S/C14H17N3O2S2/c15-13-8-12(21(16,18)19)5-6-14(13)17(10-3-4-10)9-11-2-1-7-20-11/h1-2,5-8,10H,3-4,9,15H2,(H2,16,18,19). The van der Waals surface area contributed by atoms with Crippen molar-refractivity contribution < 1.29 is 8.42 Å². The largest absolute Gasteiger partial charge is 0.397 e. The fourth-order valence-corrected chi connectivity index (χ4v) is 3.59. The molecular formula is C14H17N3O2S2. The smallest absolute Gasteiger partial charge is 0.238 e. The Morgan fingerprint density at radius 1 is 1.29 bits per heavy atom. The van der Waals surface area contributed by atoms with Gasteiger partial charge in [-0.2, -0.15) is 0 Å². The van der Waals surface area contributed by atoms with E-state index in [0.29, 0.717) is 11.7 Å². The van der Waals surface area contributed by atoms with Crippen molar-refractivity contribution >= 4 is 32.7 Å². The van der Waals surface area contributed by atoms with E-state index in [1.54, 1.807) is 17.4 Å². The van der Waals surface area contributed by atoms with Gasteiger partial charge in [-0.15, -0.1) is 11.3 Å². The first-order chi connectivity index (χ1) is 9.95. The van der Waals surface area contributed by atoms with Gasteiger partial charge in [0.2, 0.25) is 10.0 Å². The van der Waals surface area contributed by atoms with E-state index in [0.717, 1.165) is 25.1 Å². The SMILES string of the molecule is Nc1cc(S(N)(=O)=O)ccc1N(Cc1cccs1)C1CC1. The van der Waals surface area contributed by atoms with Crippen LogP contribution in [0.25, 0.3) is 0 Å². The summed E-state index contributed by atoms with van der Waals surface area (Å²) in [4.78, 5) is 3.56. The first-order valence-corrected chi connectivity index (χ1v) is 9.09. The van der Waals surface area contributed by atoms with Crippen molar-refractivity contribution in [3.8, 4) is 0 Å². The normalized spacial score (nSPS) is 15.1. The lowest BCUT2D eigenvalue weighted by Crippen LogP contribution is -2.25. The van der Waals surface area contributed by atoms with Crippen LogP contribution >= 0.6 is 11.3 Å². The lowest BCUT2D eigenvalue weighted by molar-refractivity contribution is 0.598. The molecule has 0 bridgehead atoms. The summed E-state index contributed by atoms with van der Waals surface area (Å²) >= 11 is 1.71. The van der Waals surface area contributed by atoms with Crippen molar-refractivity contribution in [2.24, 2.45) is 5.14 Å². The van der Waals surface area contributed by atoms with E-state index in [-0.39, 0.29) is 4.90 Å². The zero-order valence-corrected chi connectivity index (χ0v) is 13.0. The third kappa shape index (κ3) is 3.20. The van der Waals surface area contributed by atoms with E-state index in [1.807, 2.05) is 11.4 Å². The fraction of sp³-hybridized carbons (Fsp3) is 0.286. The van der Waals surface area contributed by atoms with Crippen molar-refractivity contribution in [1.29, 1.82) is 0 Å². The summed E-state index contributed by atoms with van der Waals surface area (Å²) in [6, 6.07) is 9.31. The van der Waals surface area contributed by atoms with Crippen molar-refractivity contribution in [3.05, 3.63) is 40.6 Å². The summed E-state index contributed by atoms with van der Waals surface area (Å²) in [6.45, 7) is 0.793. The van der Waals surface area contributed by atoms with Gasteiger partial charge in [-0.25, -0.2) is 13.6 Å². The first kappa shape index (κ1) is 14.4. The van der Waals surface area contributed by atoms with Crippen LogP contribution in [0.4, 0.5) is 11.4 Å². The molecule has 0 amide bonds. The van der Waals surface area contributed by atoms with E-state index in [9.17, 15) is 8.42 Å². The minimum absolute atomic E-state index is 0.0515. The van der Waals surface area contributed by atoms with E-state index in [4.69, 9.17) is 10.9 Å². The Kier molecular flexibility index (Phi) is 3.64. The van der Waals surface area contributed by atoms with Gasteiger partial charge >= 0.3 is 0 Å². The average Bonchev–Trinajstić information content (AvgIpc) is 3.13. The van der Waals surface area contributed by atoms with Gasteiger partial charge in [0.15, 0.2) is 0 Å². The van der Waals surface area contributed by atoms with Crippen LogP contribution in [0, 0.1) is 0 Å². The number of nitrogen functional groups attached to an aromatic ring is 1. The molecule has 1 aliphatic rings. The highest BCUT2D eigenvalue weighted by atomic mass is 32.2. The molecule has 0 spiro atoms. The van der Waals surface area contributed by atoms with Crippen LogP contribution in [0.15, 0.2) is 40.6 Å². The van der Waals surface area contributed by atoms with Crippen LogP contribution in [0.2, 0.25) is 0 Å². The lowest BCUT2D eigenvalue weighted by Gasteiger charge is -2.25. The molecule has 1 fully saturated rings. The second-order valence-electron chi connectivity index (χ2n) is 5.20. The second-order valence-corrected chi connectivity index (χ2v) is 7.80.